The molecule has 21 heavy (non-hydrogen) atoms. The normalized spacial score (nSPS) is 23.1. The van der Waals surface area contributed by atoms with Crippen LogP contribution in [0.1, 0.15) is 35.6 Å². The summed E-state index contributed by atoms with van der Waals surface area (Å²) in [5.41, 5.74) is 4.36. The van der Waals surface area contributed by atoms with Crippen LogP contribution in [0.25, 0.3) is 0 Å². The van der Waals surface area contributed by atoms with Crippen LogP contribution < -0.4 is 5.32 Å². The van der Waals surface area contributed by atoms with Crippen LogP contribution in [0.4, 0.5) is 0 Å². The van der Waals surface area contributed by atoms with Crippen molar-refractivity contribution in [3.63, 3.8) is 0 Å². The molecule has 0 aromatic heterocycles. The number of hydrogen-bond donors (Lipinski definition) is 1. The van der Waals surface area contributed by atoms with Gasteiger partial charge in [-0.3, -0.25) is 4.90 Å². The lowest BCUT2D eigenvalue weighted by molar-refractivity contribution is 0.0211. The maximum atomic E-state index is 5.60. The smallest absolute Gasteiger partial charge is 0.0469 e. The number of nitrogens with zero attached hydrogens (tertiary/aromatic N) is 1. The minimum Gasteiger partial charge on any atom is -0.381 e. The molecule has 1 atom stereocenters. The fraction of sp³-hybridized carbons (Fsp3) is 0.667. The second kappa shape index (κ2) is 6.91. The summed E-state index contributed by atoms with van der Waals surface area (Å²) in [5.74, 6) is 0.734. The van der Waals surface area contributed by atoms with Gasteiger partial charge in [0.15, 0.2) is 0 Å². The van der Waals surface area contributed by atoms with E-state index in [1.54, 1.807) is 5.56 Å². The third-order valence-electron chi connectivity index (χ3n) is 5.01. The van der Waals surface area contributed by atoms with E-state index < -0.39 is 0 Å². The average Bonchev–Trinajstić information content (AvgIpc) is 2.53. The van der Waals surface area contributed by atoms with Gasteiger partial charge in [-0.2, -0.15) is 0 Å². The van der Waals surface area contributed by atoms with Gasteiger partial charge in [0.25, 0.3) is 0 Å². The Morgan fingerprint density at radius 1 is 1.14 bits per heavy atom. The van der Waals surface area contributed by atoms with Gasteiger partial charge in [-0.05, 0) is 43.7 Å². The molecule has 0 saturated carbocycles. The van der Waals surface area contributed by atoms with Gasteiger partial charge < -0.3 is 10.1 Å². The van der Waals surface area contributed by atoms with Gasteiger partial charge >= 0.3 is 0 Å². The molecular formula is C18H28N2O. The lowest BCUT2D eigenvalue weighted by atomic mass is 9.83. The van der Waals surface area contributed by atoms with Gasteiger partial charge in [-0.15, -0.1) is 0 Å². The summed E-state index contributed by atoms with van der Waals surface area (Å²) in [6.45, 7) is 10.9. The summed E-state index contributed by atoms with van der Waals surface area (Å²) >= 11 is 0. The molecule has 3 nitrogen and oxygen atoms in total. The molecule has 2 heterocycles. The number of ether oxygens (including phenoxy) is 1. The highest BCUT2D eigenvalue weighted by atomic mass is 16.5. The molecule has 0 radical (unpaired) electrons. The summed E-state index contributed by atoms with van der Waals surface area (Å²) in [7, 11) is 0. The molecule has 3 heteroatoms. The lowest BCUT2D eigenvalue weighted by Crippen LogP contribution is -2.47. The zero-order chi connectivity index (χ0) is 14.7. The van der Waals surface area contributed by atoms with Crippen molar-refractivity contribution in [1.29, 1.82) is 0 Å². The number of benzene rings is 1. The molecule has 2 aliphatic rings. The monoisotopic (exact) mass is 288 g/mol. The number of rotatable bonds is 3. The van der Waals surface area contributed by atoms with Crippen LogP contribution in [-0.2, 0) is 4.74 Å². The average molecular weight is 288 g/mol. The van der Waals surface area contributed by atoms with Crippen molar-refractivity contribution in [3.05, 3.63) is 34.9 Å². The first-order valence-corrected chi connectivity index (χ1v) is 8.35. The summed E-state index contributed by atoms with van der Waals surface area (Å²) < 4.78 is 5.60. The van der Waals surface area contributed by atoms with E-state index in [0.29, 0.717) is 6.04 Å². The van der Waals surface area contributed by atoms with E-state index in [-0.39, 0.29) is 0 Å². The van der Waals surface area contributed by atoms with E-state index in [4.69, 9.17) is 4.74 Å². The molecule has 116 valence electrons. The third kappa shape index (κ3) is 3.47. The van der Waals surface area contributed by atoms with Crippen molar-refractivity contribution in [2.24, 2.45) is 5.92 Å². The SMILES string of the molecule is Cc1ccc(C)c([C@H](C2CCOCC2)N2CCNCC2)c1. The van der Waals surface area contributed by atoms with E-state index in [1.165, 1.54) is 24.0 Å². The fourth-order valence-electron chi connectivity index (χ4n) is 3.82. The summed E-state index contributed by atoms with van der Waals surface area (Å²) in [4.78, 5) is 2.70. The van der Waals surface area contributed by atoms with Crippen LogP contribution >= 0.6 is 0 Å². The van der Waals surface area contributed by atoms with E-state index in [1.807, 2.05) is 0 Å². The van der Waals surface area contributed by atoms with Crippen molar-refractivity contribution in [3.8, 4) is 0 Å². The highest BCUT2D eigenvalue weighted by Crippen LogP contribution is 2.37. The Bertz CT molecular complexity index is 444. The Labute approximate surface area is 128 Å². The maximum Gasteiger partial charge on any atom is 0.0469 e. The van der Waals surface area contributed by atoms with Gasteiger partial charge in [0, 0.05) is 45.4 Å². The Balaban J connectivity index is 1.91. The summed E-state index contributed by atoms with van der Waals surface area (Å²) in [6.07, 6.45) is 2.39. The minimum absolute atomic E-state index is 0.566. The number of hydrogen-bond acceptors (Lipinski definition) is 3. The number of aryl methyl sites for hydroxylation is 2. The molecule has 0 unspecified atom stereocenters. The first kappa shape index (κ1) is 15.0. The van der Waals surface area contributed by atoms with E-state index in [2.05, 4.69) is 42.3 Å². The summed E-state index contributed by atoms with van der Waals surface area (Å²) in [5, 5.41) is 3.48. The van der Waals surface area contributed by atoms with Crippen LogP contribution in [0.2, 0.25) is 0 Å². The van der Waals surface area contributed by atoms with Gasteiger partial charge in [-0.25, -0.2) is 0 Å². The summed E-state index contributed by atoms with van der Waals surface area (Å²) in [6, 6.07) is 7.50. The third-order valence-corrected chi connectivity index (χ3v) is 5.01. The molecule has 2 saturated heterocycles. The zero-order valence-corrected chi connectivity index (χ0v) is 13.4. The molecule has 1 N–H and O–H groups in total. The van der Waals surface area contributed by atoms with Crippen molar-refractivity contribution in [1.82, 2.24) is 10.2 Å². The Kier molecular flexibility index (Phi) is 4.94. The van der Waals surface area contributed by atoms with Gasteiger partial charge in [0.2, 0.25) is 0 Å². The first-order chi connectivity index (χ1) is 10.3. The number of nitrogens with one attached hydrogen (secondary N) is 1. The molecule has 3 rings (SSSR count). The van der Waals surface area contributed by atoms with E-state index in [0.717, 1.165) is 45.3 Å². The lowest BCUT2D eigenvalue weighted by Gasteiger charge is -2.41. The molecule has 2 fully saturated rings. The quantitative estimate of drug-likeness (QED) is 0.925. The molecule has 0 amide bonds. The highest BCUT2D eigenvalue weighted by molar-refractivity contribution is 5.33. The van der Waals surface area contributed by atoms with Crippen LogP contribution in [0, 0.1) is 19.8 Å². The molecule has 0 spiro atoms. The van der Waals surface area contributed by atoms with Crippen molar-refractivity contribution >= 4 is 0 Å². The van der Waals surface area contributed by atoms with Crippen molar-refractivity contribution in [2.75, 3.05) is 39.4 Å². The molecule has 0 aliphatic carbocycles. The van der Waals surface area contributed by atoms with Gasteiger partial charge in [0.1, 0.15) is 0 Å². The largest absolute Gasteiger partial charge is 0.381 e. The van der Waals surface area contributed by atoms with Gasteiger partial charge in [0.05, 0.1) is 0 Å². The molecule has 0 bridgehead atoms. The van der Waals surface area contributed by atoms with Crippen LogP contribution in [0.15, 0.2) is 18.2 Å². The first-order valence-electron chi connectivity index (χ1n) is 8.35. The fourth-order valence-corrected chi connectivity index (χ4v) is 3.82. The Morgan fingerprint density at radius 3 is 2.57 bits per heavy atom. The number of piperazine rings is 1. The predicted molar refractivity (Wildman–Crippen MR) is 86.6 cm³/mol. The molecular weight excluding hydrogens is 260 g/mol. The molecule has 1 aromatic carbocycles. The maximum absolute atomic E-state index is 5.60. The Morgan fingerprint density at radius 2 is 1.86 bits per heavy atom. The zero-order valence-electron chi connectivity index (χ0n) is 13.4. The highest BCUT2D eigenvalue weighted by Gasteiger charge is 2.32. The van der Waals surface area contributed by atoms with Gasteiger partial charge in [-0.1, -0.05) is 23.8 Å². The topological polar surface area (TPSA) is 24.5 Å². The van der Waals surface area contributed by atoms with E-state index >= 15 is 0 Å². The van der Waals surface area contributed by atoms with Crippen LogP contribution in [0.3, 0.4) is 0 Å². The van der Waals surface area contributed by atoms with Crippen molar-refractivity contribution < 1.29 is 4.74 Å². The standard InChI is InChI=1S/C18H28N2O/c1-14-3-4-15(2)17(13-14)18(16-5-11-21-12-6-16)20-9-7-19-8-10-20/h3-4,13,16,18-19H,5-12H2,1-2H3/t18-/m0/s1. The van der Waals surface area contributed by atoms with E-state index in [9.17, 15) is 0 Å². The molecule has 2 aliphatic heterocycles. The predicted octanol–water partition coefficient (Wildman–Crippen LogP) is 2.68. The van der Waals surface area contributed by atoms with Crippen molar-refractivity contribution in [2.45, 2.75) is 32.7 Å². The van der Waals surface area contributed by atoms with Crippen LogP contribution in [0.5, 0.6) is 0 Å². The molecule has 1 aromatic rings. The minimum atomic E-state index is 0.566. The second-order valence-corrected chi connectivity index (χ2v) is 6.54. The second-order valence-electron chi connectivity index (χ2n) is 6.54. The van der Waals surface area contributed by atoms with Crippen LogP contribution in [-0.4, -0.2) is 44.3 Å². The Hall–Kier alpha value is -0.900.